The van der Waals surface area contributed by atoms with Crippen molar-refractivity contribution in [3.8, 4) is 17.2 Å². The molecular formula is C26H28N2O8. The van der Waals surface area contributed by atoms with Crippen molar-refractivity contribution >= 4 is 24.0 Å². The van der Waals surface area contributed by atoms with Crippen molar-refractivity contribution in [2.45, 2.75) is 13.0 Å². The van der Waals surface area contributed by atoms with Crippen molar-refractivity contribution in [2.24, 2.45) is 0 Å². The Balaban J connectivity index is 1.92. The van der Waals surface area contributed by atoms with E-state index in [9.17, 15) is 14.4 Å². The van der Waals surface area contributed by atoms with E-state index < -0.39 is 24.0 Å². The normalized spacial score (nSPS) is 15.1. The number of ether oxygens (including phenoxy) is 5. The number of hydrogen-bond acceptors (Lipinski definition) is 8. The van der Waals surface area contributed by atoms with Gasteiger partial charge in [0.25, 0.3) is 0 Å². The van der Waals surface area contributed by atoms with Crippen LogP contribution in [0.25, 0.3) is 6.08 Å². The van der Waals surface area contributed by atoms with Crippen molar-refractivity contribution in [1.29, 1.82) is 0 Å². The van der Waals surface area contributed by atoms with Crippen LogP contribution < -0.4 is 24.8 Å². The first-order valence-corrected chi connectivity index (χ1v) is 11.1. The van der Waals surface area contributed by atoms with Crippen molar-refractivity contribution < 1.29 is 38.1 Å². The first kappa shape index (κ1) is 26.1. The second kappa shape index (κ2) is 12.3. The molecule has 2 aromatic rings. The van der Waals surface area contributed by atoms with Crippen LogP contribution in [-0.4, -0.2) is 52.5 Å². The summed E-state index contributed by atoms with van der Waals surface area (Å²) < 4.78 is 26.4. The number of methoxy groups -OCH3 is 3. The summed E-state index contributed by atoms with van der Waals surface area (Å²) in [6.07, 6.45) is 2.86. The summed E-state index contributed by atoms with van der Waals surface area (Å²) in [6, 6.07) is 10.8. The number of carbonyl (C=O) groups excluding carboxylic acids is 3. The minimum Gasteiger partial charge on any atom is -0.497 e. The van der Waals surface area contributed by atoms with Crippen molar-refractivity contribution in [1.82, 2.24) is 10.6 Å². The largest absolute Gasteiger partial charge is 0.497 e. The summed E-state index contributed by atoms with van der Waals surface area (Å²) in [4.78, 5) is 36.8. The van der Waals surface area contributed by atoms with Gasteiger partial charge in [-0.2, -0.15) is 0 Å². The Bertz CT molecular complexity index is 1170. The predicted molar refractivity (Wildman–Crippen MR) is 131 cm³/mol. The predicted octanol–water partition coefficient (Wildman–Crippen LogP) is 3.14. The zero-order chi connectivity index (χ0) is 26.1. The molecule has 36 heavy (non-hydrogen) atoms. The summed E-state index contributed by atoms with van der Waals surface area (Å²) in [5.74, 6) is 0.339. The molecule has 10 nitrogen and oxygen atoms in total. The molecule has 10 heteroatoms. The molecular weight excluding hydrogens is 468 g/mol. The lowest BCUT2D eigenvalue weighted by atomic mass is 9.95. The zero-order valence-electron chi connectivity index (χ0n) is 20.5. The number of urea groups is 1. The second-order valence-corrected chi connectivity index (χ2v) is 7.47. The van der Waals surface area contributed by atoms with E-state index in [1.165, 1.54) is 20.3 Å². The van der Waals surface area contributed by atoms with E-state index in [1.54, 1.807) is 62.6 Å². The number of benzene rings is 2. The van der Waals surface area contributed by atoms with Gasteiger partial charge in [-0.15, -0.1) is 0 Å². The van der Waals surface area contributed by atoms with E-state index in [1.807, 2.05) is 0 Å². The van der Waals surface area contributed by atoms with E-state index in [-0.39, 0.29) is 24.5 Å². The molecule has 0 radical (unpaired) electrons. The zero-order valence-corrected chi connectivity index (χ0v) is 20.5. The lowest BCUT2D eigenvalue weighted by Gasteiger charge is -2.29. The number of nitrogens with one attached hydrogen (secondary N) is 2. The Morgan fingerprint density at radius 3 is 2.39 bits per heavy atom. The third-order valence-corrected chi connectivity index (χ3v) is 5.27. The van der Waals surface area contributed by atoms with Gasteiger partial charge in [-0.3, -0.25) is 0 Å². The lowest BCUT2D eigenvalue weighted by molar-refractivity contribution is -0.139. The van der Waals surface area contributed by atoms with E-state index in [4.69, 9.17) is 18.9 Å². The molecule has 1 aliphatic rings. The highest BCUT2D eigenvalue weighted by atomic mass is 16.5. The molecule has 3 rings (SSSR count). The molecule has 0 spiro atoms. The van der Waals surface area contributed by atoms with Crippen LogP contribution in [0.3, 0.4) is 0 Å². The molecule has 0 fully saturated rings. The van der Waals surface area contributed by atoms with Gasteiger partial charge < -0.3 is 34.3 Å². The molecule has 1 heterocycles. The molecule has 0 aliphatic carbocycles. The summed E-state index contributed by atoms with van der Waals surface area (Å²) in [7, 11) is 4.32. The Morgan fingerprint density at radius 1 is 1.00 bits per heavy atom. The molecule has 1 aliphatic heterocycles. The third-order valence-electron chi connectivity index (χ3n) is 5.27. The van der Waals surface area contributed by atoms with Crippen LogP contribution in [0, 0.1) is 0 Å². The third kappa shape index (κ3) is 6.35. The highest BCUT2D eigenvalue weighted by Gasteiger charge is 2.34. The molecule has 2 amide bonds. The smallest absolute Gasteiger partial charge is 0.338 e. The average molecular weight is 497 g/mol. The minimum atomic E-state index is -0.755. The molecule has 2 N–H and O–H groups in total. The summed E-state index contributed by atoms with van der Waals surface area (Å²) in [5.41, 5.74) is 1.84. The molecule has 1 atom stereocenters. The monoisotopic (exact) mass is 496 g/mol. The first-order chi connectivity index (χ1) is 17.4. The number of rotatable bonds is 10. The average Bonchev–Trinajstić information content (AvgIpc) is 2.90. The lowest BCUT2D eigenvalue weighted by Crippen LogP contribution is -2.47. The van der Waals surface area contributed by atoms with Crippen LogP contribution in [0.4, 0.5) is 4.79 Å². The summed E-state index contributed by atoms with van der Waals surface area (Å²) >= 11 is 0. The number of carbonyl (C=O) groups is 3. The SMILES string of the molecule is CCOC(=O)C1=C(COc2ccc(/C=C/C(=O)OC)cc2OC)NC(=O)NC1c1ccc(OC)cc1. The van der Waals surface area contributed by atoms with Crippen LogP contribution in [0.15, 0.2) is 59.8 Å². The summed E-state index contributed by atoms with van der Waals surface area (Å²) in [6.45, 7) is 1.73. The molecule has 0 aromatic heterocycles. The van der Waals surface area contributed by atoms with Crippen LogP contribution in [0.1, 0.15) is 24.1 Å². The summed E-state index contributed by atoms with van der Waals surface area (Å²) in [5, 5.41) is 5.43. The van der Waals surface area contributed by atoms with Crippen LogP contribution in [0.5, 0.6) is 17.2 Å². The highest BCUT2D eigenvalue weighted by molar-refractivity contribution is 5.95. The Labute approximate surface area is 208 Å². The van der Waals surface area contributed by atoms with E-state index in [2.05, 4.69) is 15.4 Å². The fourth-order valence-corrected chi connectivity index (χ4v) is 3.52. The van der Waals surface area contributed by atoms with Gasteiger partial charge >= 0.3 is 18.0 Å². The number of hydrogen-bond donors (Lipinski definition) is 2. The van der Waals surface area contributed by atoms with E-state index in [0.29, 0.717) is 28.4 Å². The van der Waals surface area contributed by atoms with Gasteiger partial charge in [0, 0.05) is 6.08 Å². The fraction of sp³-hybridized carbons (Fsp3) is 0.269. The van der Waals surface area contributed by atoms with Gasteiger partial charge in [-0.1, -0.05) is 18.2 Å². The Kier molecular flexibility index (Phi) is 8.93. The molecule has 0 saturated heterocycles. The van der Waals surface area contributed by atoms with Crippen molar-refractivity contribution in [3.63, 3.8) is 0 Å². The van der Waals surface area contributed by atoms with Gasteiger partial charge in [-0.05, 0) is 48.4 Å². The van der Waals surface area contributed by atoms with Crippen LogP contribution in [-0.2, 0) is 19.1 Å². The van der Waals surface area contributed by atoms with E-state index in [0.717, 1.165) is 0 Å². The molecule has 0 saturated carbocycles. The van der Waals surface area contributed by atoms with E-state index >= 15 is 0 Å². The van der Waals surface area contributed by atoms with Gasteiger partial charge in [0.05, 0.1) is 45.2 Å². The maximum absolute atomic E-state index is 12.9. The maximum Gasteiger partial charge on any atom is 0.338 e. The Morgan fingerprint density at radius 2 is 1.75 bits per heavy atom. The fourth-order valence-electron chi connectivity index (χ4n) is 3.52. The van der Waals surface area contributed by atoms with Crippen molar-refractivity contribution in [3.05, 3.63) is 70.9 Å². The topological polar surface area (TPSA) is 121 Å². The maximum atomic E-state index is 12.9. The van der Waals surface area contributed by atoms with Crippen LogP contribution >= 0.6 is 0 Å². The van der Waals surface area contributed by atoms with Crippen molar-refractivity contribution in [2.75, 3.05) is 34.5 Å². The quantitative estimate of drug-likeness (QED) is 0.380. The van der Waals surface area contributed by atoms with Crippen LogP contribution in [0.2, 0.25) is 0 Å². The van der Waals surface area contributed by atoms with Gasteiger partial charge in [0.1, 0.15) is 12.4 Å². The Hall–Kier alpha value is -4.47. The molecule has 190 valence electrons. The minimum absolute atomic E-state index is 0.137. The second-order valence-electron chi connectivity index (χ2n) is 7.47. The standard InChI is InChI=1S/C26H28N2O8/c1-5-35-25(30)23-19(27-26(31)28-24(23)17-8-10-18(32-2)11-9-17)15-36-20-12-6-16(14-21(20)33-3)7-13-22(29)34-4/h6-14,24H,5,15H2,1-4H3,(H2,27,28,31)/b13-7+. The molecule has 1 unspecified atom stereocenters. The molecule has 2 aromatic carbocycles. The first-order valence-electron chi connectivity index (χ1n) is 11.1. The number of amides is 2. The van der Waals surface area contributed by atoms with Gasteiger partial charge in [0.2, 0.25) is 0 Å². The number of esters is 2. The molecule has 0 bridgehead atoms. The van der Waals surface area contributed by atoms with Gasteiger partial charge in [0.15, 0.2) is 11.5 Å². The highest BCUT2D eigenvalue weighted by Crippen LogP contribution is 2.32. The van der Waals surface area contributed by atoms with Gasteiger partial charge in [-0.25, -0.2) is 14.4 Å².